The Balaban J connectivity index is 1.11. The second-order valence-electron chi connectivity index (χ2n) is 17.8. The summed E-state index contributed by atoms with van der Waals surface area (Å²) < 4.78 is 4.78. The lowest BCUT2D eigenvalue weighted by Gasteiger charge is -2.36. The van der Waals surface area contributed by atoms with Crippen LogP contribution >= 0.6 is 0 Å². The summed E-state index contributed by atoms with van der Waals surface area (Å²) in [5.74, 6) is 0.481. The van der Waals surface area contributed by atoms with E-state index in [2.05, 4.69) is 225 Å². The van der Waals surface area contributed by atoms with Crippen molar-refractivity contribution >= 4 is 55.0 Å². The van der Waals surface area contributed by atoms with Crippen LogP contribution in [0.2, 0.25) is 0 Å². The smallest absolute Gasteiger partial charge is 0.0541 e. The first-order valence-electron chi connectivity index (χ1n) is 20.1. The number of nitrogens with zero attached hydrogens (tertiary/aromatic N) is 3. The number of aromatic nitrogens is 2. The molecule has 0 saturated carbocycles. The lowest BCUT2D eigenvalue weighted by atomic mass is 9.69. The molecule has 3 nitrogen and oxygen atoms in total. The summed E-state index contributed by atoms with van der Waals surface area (Å²) in [4.78, 5) is 2.46. The summed E-state index contributed by atoms with van der Waals surface area (Å²) >= 11 is 0. The second kappa shape index (κ2) is 13.9. The minimum atomic E-state index is 0.178. The molecule has 0 spiro atoms. The van der Waals surface area contributed by atoms with Gasteiger partial charge in [0.25, 0.3) is 0 Å². The lowest BCUT2D eigenvalue weighted by Crippen LogP contribution is -2.24. The average Bonchev–Trinajstić information content (AvgIpc) is 3.72. The van der Waals surface area contributed by atoms with E-state index in [1.165, 1.54) is 54.7 Å². The molecule has 9 rings (SSSR count). The van der Waals surface area contributed by atoms with E-state index in [0.29, 0.717) is 5.92 Å². The molecule has 1 unspecified atom stereocenters. The number of anilines is 2. The molecule has 0 radical (unpaired) electrons. The molecule has 0 aliphatic carbocycles. The first kappa shape index (κ1) is 35.6. The Morgan fingerprint density at radius 1 is 0.429 bits per heavy atom. The number of hydrogen-bond acceptors (Lipinski definition) is 1. The van der Waals surface area contributed by atoms with Gasteiger partial charge in [-0.15, -0.1) is 0 Å². The Morgan fingerprint density at radius 2 is 0.786 bits per heavy atom. The number of para-hydroxylation sites is 4. The van der Waals surface area contributed by atoms with E-state index in [9.17, 15) is 0 Å². The van der Waals surface area contributed by atoms with Gasteiger partial charge >= 0.3 is 0 Å². The Hall–Kier alpha value is -6.06. The maximum Gasteiger partial charge on any atom is 0.0541 e. The molecular weight excluding hydrogens is 679 g/mol. The van der Waals surface area contributed by atoms with Gasteiger partial charge < -0.3 is 14.0 Å². The Labute approximate surface area is 331 Å². The Morgan fingerprint density at radius 3 is 1.12 bits per heavy atom. The molecule has 3 heteroatoms. The van der Waals surface area contributed by atoms with Crippen molar-refractivity contribution in [1.82, 2.24) is 9.13 Å². The summed E-state index contributed by atoms with van der Waals surface area (Å²) in [6.45, 7) is 15.0. The zero-order chi connectivity index (χ0) is 38.6. The normalized spacial score (nSPS) is 12.9. The van der Waals surface area contributed by atoms with E-state index in [1.807, 2.05) is 0 Å². The molecule has 278 valence electrons. The fourth-order valence-corrected chi connectivity index (χ4v) is 8.87. The van der Waals surface area contributed by atoms with Crippen LogP contribution in [0, 0.1) is 10.8 Å². The van der Waals surface area contributed by atoms with Gasteiger partial charge in [-0.2, -0.15) is 0 Å². The fourth-order valence-electron chi connectivity index (χ4n) is 8.87. The summed E-state index contributed by atoms with van der Waals surface area (Å²) in [6, 6.07) is 62.6. The number of benzene rings is 7. The van der Waals surface area contributed by atoms with Crippen molar-refractivity contribution in [3.8, 4) is 11.4 Å². The number of hydrogen-bond donors (Lipinski definition) is 0. The maximum absolute atomic E-state index is 2.46. The monoisotopic (exact) mass is 729 g/mol. The summed E-state index contributed by atoms with van der Waals surface area (Å²) in [5, 5.41) is 5.10. The van der Waals surface area contributed by atoms with E-state index in [4.69, 9.17) is 0 Å². The highest BCUT2D eigenvalue weighted by Crippen LogP contribution is 2.43. The standard InChI is InChI=1S/C53H51N3/c1-52(2,3)35-47(53(4,5)6)38-25-23-37(24-26-38)36-54(39-27-31-41(32-28-39)55-48-19-11-7-15-43(48)44-16-8-12-20-49(44)55)40-29-33-42(34-30-40)56-50-21-13-9-17-45(50)46-18-10-14-22-51(46)56/h7-34,47H,35-36H2,1-6H3. The van der Waals surface area contributed by atoms with Crippen LogP contribution in [0.25, 0.3) is 55.0 Å². The van der Waals surface area contributed by atoms with Gasteiger partial charge in [-0.25, -0.2) is 0 Å². The third kappa shape index (κ3) is 6.56. The predicted octanol–water partition coefficient (Wildman–Crippen LogP) is 14.8. The molecule has 2 heterocycles. The molecule has 56 heavy (non-hydrogen) atoms. The Bertz CT molecular complexity index is 2540. The molecule has 0 amide bonds. The maximum atomic E-state index is 2.46. The van der Waals surface area contributed by atoms with Crippen LogP contribution in [0.1, 0.15) is 65.0 Å². The molecular formula is C53H51N3. The molecule has 0 aliphatic heterocycles. The summed E-state index contributed by atoms with van der Waals surface area (Å²) in [6.07, 6.45) is 1.15. The zero-order valence-corrected chi connectivity index (χ0v) is 33.5. The largest absolute Gasteiger partial charge is 0.337 e. The van der Waals surface area contributed by atoms with Gasteiger partial charge in [0, 0.05) is 50.8 Å². The van der Waals surface area contributed by atoms with E-state index >= 15 is 0 Å². The molecule has 9 aromatic rings. The quantitative estimate of drug-likeness (QED) is 0.152. The van der Waals surface area contributed by atoms with Crippen molar-refractivity contribution < 1.29 is 0 Å². The van der Waals surface area contributed by atoms with Gasteiger partial charge in [-0.3, -0.25) is 0 Å². The van der Waals surface area contributed by atoms with Gasteiger partial charge in [-0.05, 0) is 107 Å². The Kier molecular flexibility index (Phi) is 8.85. The van der Waals surface area contributed by atoms with Crippen LogP contribution in [-0.4, -0.2) is 9.13 Å². The number of rotatable bonds is 8. The molecule has 0 fully saturated rings. The van der Waals surface area contributed by atoms with Crippen LogP contribution in [-0.2, 0) is 6.54 Å². The van der Waals surface area contributed by atoms with Crippen molar-refractivity contribution in [3.05, 3.63) is 181 Å². The van der Waals surface area contributed by atoms with Crippen LogP contribution < -0.4 is 4.90 Å². The molecule has 2 aromatic heterocycles. The van der Waals surface area contributed by atoms with Crippen molar-refractivity contribution in [2.45, 2.75) is 60.4 Å². The first-order valence-corrected chi connectivity index (χ1v) is 20.1. The molecule has 0 aliphatic rings. The van der Waals surface area contributed by atoms with Crippen LogP contribution in [0.5, 0.6) is 0 Å². The van der Waals surface area contributed by atoms with Crippen molar-refractivity contribution in [2.75, 3.05) is 4.90 Å². The summed E-state index contributed by atoms with van der Waals surface area (Å²) in [5.41, 5.74) is 12.7. The van der Waals surface area contributed by atoms with Crippen molar-refractivity contribution in [1.29, 1.82) is 0 Å². The SMILES string of the molecule is CC(C)(C)CC(c1ccc(CN(c2ccc(-n3c4ccccc4c4ccccc43)cc2)c2ccc(-n3c4ccccc4c4ccccc43)cc2)cc1)C(C)(C)C. The molecule has 0 bridgehead atoms. The van der Waals surface area contributed by atoms with E-state index in [-0.39, 0.29) is 10.8 Å². The lowest BCUT2D eigenvalue weighted by molar-refractivity contribution is 0.229. The molecule has 0 saturated heterocycles. The van der Waals surface area contributed by atoms with Crippen LogP contribution in [0.3, 0.4) is 0 Å². The fraction of sp³-hybridized carbons (Fsp3) is 0.208. The minimum absolute atomic E-state index is 0.178. The highest BCUT2D eigenvalue weighted by Gasteiger charge is 2.30. The van der Waals surface area contributed by atoms with Gasteiger partial charge in [0.15, 0.2) is 0 Å². The number of fused-ring (bicyclic) bond motifs is 6. The third-order valence-electron chi connectivity index (χ3n) is 11.6. The topological polar surface area (TPSA) is 13.1 Å². The van der Waals surface area contributed by atoms with E-state index in [0.717, 1.165) is 35.7 Å². The molecule has 0 N–H and O–H groups in total. The van der Waals surface area contributed by atoms with Crippen LogP contribution in [0.4, 0.5) is 11.4 Å². The first-order chi connectivity index (χ1) is 27.0. The summed E-state index contributed by atoms with van der Waals surface area (Å²) in [7, 11) is 0. The van der Waals surface area contributed by atoms with Gasteiger partial charge in [0.05, 0.1) is 22.1 Å². The van der Waals surface area contributed by atoms with Crippen LogP contribution in [0.15, 0.2) is 170 Å². The highest BCUT2D eigenvalue weighted by molar-refractivity contribution is 6.10. The third-order valence-corrected chi connectivity index (χ3v) is 11.6. The predicted molar refractivity (Wildman–Crippen MR) is 240 cm³/mol. The van der Waals surface area contributed by atoms with E-state index < -0.39 is 0 Å². The zero-order valence-electron chi connectivity index (χ0n) is 33.5. The van der Waals surface area contributed by atoms with Gasteiger partial charge in [0.1, 0.15) is 0 Å². The second-order valence-corrected chi connectivity index (χ2v) is 17.8. The molecule has 1 atom stereocenters. The minimum Gasteiger partial charge on any atom is -0.337 e. The van der Waals surface area contributed by atoms with Crippen molar-refractivity contribution in [3.63, 3.8) is 0 Å². The van der Waals surface area contributed by atoms with Gasteiger partial charge in [-0.1, -0.05) is 139 Å². The van der Waals surface area contributed by atoms with E-state index in [1.54, 1.807) is 0 Å². The molecule has 7 aromatic carbocycles. The van der Waals surface area contributed by atoms with Crippen molar-refractivity contribution in [2.24, 2.45) is 10.8 Å². The highest BCUT2D eigenvalue weighted by atomic mass is 15.1. The average molecular weight is 730 g/mol. The van der Waals surface area contributed by atoms with Gasteiger partial charge in [0.2, 0.25) is 0 Å².